The van der Waals surface area contributed by atoms with E-state index in [9.17, 15) is 14.0 Å². The maximum atomic E-state index is 14.1. The van der Waals surface area contributed by atoms with E-state index in [2.05, 4.69) is 5.32 Å². The summed E-state index contributed by atoms with van der Waals surface area (Å²) in [6.45, 7) is 4.30. The Kier molecular flexibility index (Phi) is 4.96. The van der Waals surface area contributed by atoms with Crippen molar-refractivity contribution in [1.29, 1.82) is 0 Å². The number of likely N-dealkylation sites (tertiary alicyclic amines) is 1. The SMILES string of the molecule is CC(C)O[C@H]1CCN(C(=O)C2CCCC(=O)N2)C[C@H]1F. The van der Waals surface area contributed by atoms with Crippen LogP contribution in [0, 0.1) is 0 Å². The van der Waals surface area contributed by atoms with Gasteiger partial charge in [0.1, 0.15) is 12.2 Å². The van der Waals surface area contributed by atoms with Crippen LogP contribution in [-0.4, -0.2) is 54.2 Å². The molecule has 2 amide bonds. The number of nitrogens with zero attached hydrogens (tertiary/aromatic N) is 1. The lowest BCUT2D eigenvalue weighted by molar-refractivity contribution is -0.143. The molecule has 2 heterocycles. The van der Waals surface area contributed by atoms with E-state index in [0.29, 0.717) is 32.2 Å². The zero-order chi connectivity index (χ0) is 14.7. The average molecular weight is 286 g/mol. The van der Waals surface area contributed by atoms with Crippen molar-refractivity contribution in [2.75, 3.05) is 13.1 Å². The van der Waals surface area contributed by atoms with Crippen LogP contribution in [-0.2, 0) is 14.3 Å². The molecule has 5 nitrogen and oxygen atoms in total. The summed E-state index contributed by atoms with van der Waals surface area (Å²) in [5, 5.41) is 2.69. The Morgan fingerprint density at radius 1 is 1.45 bits per heavy atom. The van der Waals surface area contributed by atoms with Crippen molar-refractivity contribution in [3.63, 3.8) is 0 Å². The molecule has 1 N–H and O–H groups in total. The molecule has 0 aliphatic carbocycles. The second-order valence-electron chi connectivity index (χ2n) is 5.82. The molecular weight excluding hydrogens is 263 g/mol. The molecule has 0 aromatic carbocycles. The van der Waals surface area contributed by atoms with Gasteiger partial charge in [-0.1, -0.05) is 0 Å². The molecule has 0 spiro atoms. The Bertz CT molecular complexity index is 375. The highest BCUT2D eigenvalue weighted by atomic mass is 19.1. The van der Waals surface area contributed by atoms with E-state index in [-0.39, 0.29) is 24.5 Å². The van der Waals surface area contributed by atoms with E-state index in [1.165, 1.54) is 4.90 Å². The summed E-state index contributed by atoms with van der Waals surface area (Å²) in [7, 11) is 0. The molecule has 0 saturated carbocycles. The van der Waals surface area contributed by atoms with Crippen LogP contribution < -0.4 is 5.32 Å². The molecule has 0 aromatic heterocycles. The molecule has 0 bridgehead atoms. The van der Waals surface area contributed by atoms with Crippen LogP contribution in [0.25, 0.3) is 0 Å². The molecule has 2 rings (SSSR count). The maximum Gasteiger partial charge on any atom is 0.245 e. The minimum Gasteiger partial charge on any atom is -0.372 e. The highest BCUT2D eigenvalue weighted by Crippen LogP contribution is 2.21. The van der Waals surface area contributed by atoms with Crippen molar-refractivity contribution in [2.24, 2.45) is 0 Å². The van der Waals surface area contributed by atoms with E-state index in [0.717, 1.165) is 0 Å². The minimum absolute atomic E-state index is 0.0156. The lowest BCUT2D eigenvalue weighted by atomic mass is 10.0. The molecule has 2 aliphatic rings. The zero-order valence-electron chi connectivity index (χ0n) is 12.1. The quantitative estimate of drug-likeness (QED) is 0.842. The van der Waals surface area contributed by atoms with Crippen molar-refractivity contribution in [1.82, 2.24) is 10.2 Å². The van der Waals surface area contributed by atoms with Crippen molar-refractivity contribution in [2.45, 2.75) is 64.0 Å². The lowest BCUT2D eigenvalue weighted by Gasteiger charge is -2.37. The van der Waals surface area contributed by atoms with Crippen molar-refractivity contribution >= 4 is 11.8 Å². The predicted molar refractivity (Wildman–Crippen MR) is 71.9 cm³/mol. The third kappa shape index (κ3) is 3.69. The molecule has 1 unspecified atom stereocenters. The first kappa shape index (κ1) is 15.2. The van der Waals surface area contributed by atoms with Gasteiger partial charge in [0.15, 0.2) is 0 Å². The van der Waals surface area contributed by atoms with Gasteiger partial charge in [-0.3, -0.25) is 9.59 Å². The van der Waals surface area contributed by atoms with Crippen LogP contribution in [0.5, 0.6) is 0 Å². The average Bonchev–Trinajstić information content (AvgIpc) is 2.40. The highest BCUT2D eigenvalue weighted by molar-refractivity contribution is 5.88. The molecule has 3 atom stereocenters. The van der Waals surface area contributed by atoms with Crippen LogP contribution in [0.1, 0.15) is 39.5 Å². The first-order chi connectivity index (χ1) is 9.47. The summed E-state index contributed by atoms with van der Waals surface area (Å²) < 4.78 is 19.6. The minimum atomic E-state index is -1.16. The Hall–Kier alpha value is -1.17. The first-order valence-electron chi connectivity index (χ1n) is 7.35. The van der Waals surface area contributed by atoms with Gasteiger partial charge in [0, 0.05) is 13.0 Å². The summed E-state index contributed by atoms with van der Waals surface area (Å²) in [5.41, 5.74) is 0. The number of nitrogens with one attached hydrogen (secondary N) is 1. The first-order valence-corrected chi connectivity index (χ1v) is 7.35. The summed E-state index contributed by atoms with van der Waals surface area (Å²) >= 11 is 0. The summed E-state index contributed by atoms with van der Waals surface area (Å²) in [6, 6.07) is -0.481. The topological polar surface area (TPSA) is 58.6 Å². The monoisotopic (exact) mass is 286 g/mol. The third-order valence-corrected chi connectivity index (χ3v) is 3.77. The Morgan fingerprint density at radius 3 is 2.80 bits per heavy atom. The summed E-state index contributed by atoms with van der Waals surface area (Å²) in [4.78, 5) is 25.1. The van der Waals surface area contributed by atoms with Crippen molar-refractivity contribution in [3.8, 4) is 0 Å². The van der Waals surface area contributed by atoms with Gasteiger partial charge < -0.3 is 15.0 Å². The predicted octanol–water partition coefficient (Wildman–Crippen LogP) is 1.02. The maximum absolute atomic E-state index is 14.1. The van der Waals surface area contributed by atoms with Gasteiger partial charge in [-0.25, -0.2) is 4.39 Å². The van der Waals surface area contributed by atoms with E-state index in [1.54, 1.807) is 0 Å². The molecule has 2 saturated heterocycles. The number of hydrogen-bond acceptors (Lipinski definition) is 3. The van der Waals surface area contributed by atoms with Gasteiger partial charge in [-0.15, -0.1) is 0 Å². The molecule has 2 aliphatic heterocycles. The molecule has 114 valence electrons. The summed E-state index contributed by atoms with van der Waals surface area (Å²) in [6.07, 6.45) is 0.733. The van der Waals surface area contributed by atoms with Crippen LogP contribution in [0.2, 0.25) is 0 Å². The second kappa shape index (κ2) is 6.52. The van der Waals surface area contributed by atoms with Gasteiger partial charge in [-0.2, -0.15) is 0 Å². The smallest absolute Gasteiger partial charge is 0.245 e. The molecule has 2 fully saturated rings. The third-order valence-electron chi connectivity index (χ3n) is 3.77. The standard InChI is InChI=1S/C14H23FN2O3/c1-9(2)20-12-6-7-17(8-10(12)15)14(19)11-4-3-5-13(18)16-11/h9-12H,3-8H2,1-2H3,(H,16,18)/t10-,11?,12+/m1/s1. The number of amides is 2. The van der Waals surface area contributed by atoms with Crippen molar-refractivity contribution < 1.29 is 18.7 Å². The van der Waals surface area contributed by atoms with Crippen LogP contribution in [0.15, 0.2) is 0 Å². The highest BCUT2D eigenvalue weighted by Gasteiger charge is 2.36. The molecule has 6 heteroatoms. The second-order valence-corrected chi connectivity index (χ2v) is 5.82. The number of alkyl halides is 1. The number of ether oxygens (including phenoxy) is 1. The number of rotatable bonds is 3. The van der Waals surface area contributed by atoms with E-state index < -0.39 is 18.3 Å². The number of carbonyl (C=O) groups excluding carboxylic acids is 2. The Morgan fingerprint density at radius 2 is 2.20 bits per heavy atom. The normalized spacial score (nSPS) is 31.3. The number of piperidine rings is 2. The van der Waals surface area contributed by atoms with Gasteiger partial charge in [0.2, 0.25) is 11.8 Å². The Labute approximate surface area is 118 Å². The number of carbonyl (C=O) groups is 2. The van der Waals surface area contributed by atoms with Crippen molar-refractivity contribution in [3.05, 3.63) is 0 Å². The number of halogens is 1. The number of hydrogen-bond donors (Lipinski definition) is 1. The fourth-order valence-electron chi connectivity index (χ4n) is 2.80. The molecular formula is C14H23FN2O3. The van der Waals surface area contributed by atoms with Gasteiger partial charge in [0.05, 0.1) is 18.8 Å². The van der Waals surface area contributed by atoms with Crippen LogP contribution >= 0.6 is 0 Å². The zero-order valence-corrected chi connectivity index (χ0v) is 12.1. The fraction of sp³-hybridized carbons (Fsp3) is 0.857. The summed E-state index contributed by atoms with van der Waals surface area (Å²) in [5.74, 6) is -0.256. The molecule has 20 heavy (non-hydrogen) atoms. The fourth-order valence-corrected chi connectivity index (χ4v) is 2.80. The largest absolute Gasteiger partial charge is 0.372 e. The van der Waals surface area contributed by atoms with Gasteiger partial charge in [0.25, 0.3) is 0 Å². The molecule has 0 radical (unpaired) electrons. The lowest BCUT2D eigenvalue weighted by Crippen LogP contribution is -2.55. The molecule has 0 aromatic rings. The van der Waals surface area contributed by atoms with E-state index >= 15 is 0 Å². The van der Waals surface area contributed by atoms with E-state index in [4.69, 9.17) is 4.74 Å². The van der Waals surface area contributed by atoms with Crippen LogP contribution in [0.3, 0.4) is 0 Å². The van der Waals surface area contributed by atoms with Crippen LogP contribution in [0.4, 0.5) is 4.39 Å². The Balaban J connectivity index is 1.88. The van der Waals surface area contributed by atoms with Gasteiger partial charge in [-0.05, 0) is 33.1 Å². The van der Waals surface area contributed by atoms with Gasteiger partial charge >= 0.3 is 0 Å². The van der Waals surface area contributed by atoms with E-state index in [1.807, 2.05) is 13.8 Å².